The number of carbonyl (C=O) groups excluding carboxylic acids is 1. The van der Waals surface area contributed by atoms with Crippen LogP contribution in [0.15, 0.2) is 12.4 Å². The Kier molecular flexibility index (Phi) is 3.46. The van der Waals surface area contributed by atoms with Gasteiger partial charge in [0.15, 0.2) is 5.69 Å². The first-order valence-corrected chi connectivity index (χ1v) is 5.45. The van der Waals surface area contributed by atoms with Crippen LogP contribution in [0.5, 0.6) is 5.88 Å². The second-order valence-electron chi connectivity index (χ2n) is 3.78. The Balaban J connectivity index is 2.19. The minimum Gasteiger partial charge on any atom is -0.479 e. The standard InChI is InChI=1S/C11H15N3O2/c1-16-11-9(13-6-7-14-11)10(15)8-4-2-3-5-12-8/h6-8,12H,2-5H2,1H3. The second kappa shape index (κ2) is 5.03. The molecule has 1 N–H and O–H groups in total. The van der Waals surface area contributed by atoms with E-state index in [0.29, 0.717) is 11.6 Å². The fraction of sp³-hybridized carbons (Fsp3) is 0.545. The maximum absolute atomic E-state index is 12.1. The molecule has 1 fully saturated rings. The van der Waals surface area contributed by atoms with Crippen LogP contribution in [0.4, 0.5) is 0 Å². The average Bonchev–Trinajstić information content (AvgIpc) is 2.39. The number of methoxy groups -OCH3 is 1. The van der Waals surface area contributed by atoms with Crippen LogP contribution in [0.2, 0.25) is 0 Å². The minimum atomic E-state index is -0.139. The number of aromatic nitrogens is 2. The maximum Gasteiger partial charge on any atom is 0.243 e. The number of nitrogens with one attached hydrogen (secondary N) is 1. The van der Waals surface area contributed by atoms with Crippen LogP contribution in [0.25, 0.3) is 0 Å². The summed E-state index contributed by atoms with van der Waals surface area (Å²) in [5.41, 5.74) is 0.324. The first-order chi connectivity index (χ1) is 7.83. The smallest absolute Gasteiger partial charge is 0.243 e. The van der Waals surface area contributed by atoms with Crippen molar-refractivity contribution in [3.05, 3.63) is 18.1 Å². The van der Waals surface area contributed by atoms with Crippen LogP contribution in [-0.4, -0.2) is 35.4 Å². The van der Waals surface area contributed by atoms with Gasteiger partial charge in [-0.15, -0.1) is 0 Å². The van der Waals surface area contributed by atoms with E-state index < -0.39 is 0 Å². The van der Waals surface area contributed by atoms with E-state index in [1.54, 1.807) is 0 Å². The van der Waals surface area contributed by atoms with Crippen molar-refractivity contribution < 1.29 is 9.53 Å². The van der Waals surface area contributed by atoms with E-state index in [0.717, 1.165) is 25.8 Å². The van der Waals surface area contributed by atoms with E-state index in [4.69, 9.17) is 4.74 Å². The van der Waals surface area contributed by atoms with Gasteiger partial charge in [-0.2, -0.15) is 0 Å². The molecule has 1 saturated heterocycles. The van der Waals surface area contributed by atoms with Gasteiger partial charge in [0, 0.05) is 12.4 Å². The van der Waals surface area contributed by atoms with Gasteiger partial charge in [-0.3, -0.25) is 4.79 Å². The van der Waals surface area contributed by atoms with E-state index >= 15 is 0 Å². The Hall–Kier alpha value is -1.49. The van der Waals surface area contributed by atoms with Gasteiger partial charge in [0.1, 0.15) is 0 Å². The SMILES string of the molecule is COc1nccnc1C(=O)C1CCCCN1. The molecule has 5 nitrogen and oxygen atoms in total. The van der Waals surface area contributed by atoms with E-state index in [1.807, 2.05) is 0 Å². The number of hydrogen-bond donors (Lipinski definition) is 1. The summed E-state index contributed by atoms with van der Waals surface area (Å²) < 4.78 is 5.04. The van der Waals surface area contributed by atoms with E-state index in [1.165, 1.54) is 19.5 Å². The molecule has 1 aliphatic rings. The largest absolute Gasteiger partial charge is 0.479 e. The average molecular weight is 221 g/mol. The zero-order valence-corrected chi connectivity index (χ0v) is 9.27. The highest BCUT2D eigenvalue weighted by atomic mass is 16.5. The Morgan fingerprint density at radius 1 is 1.44 bits per heavy atom. The third-order valence-electron chi connectivity index (χ3n) is 2.72. The molecule has 86 valence electrons. The molecule has 16 heavy (non-hydrogen) atoms. The molecule has 5 heteroatoms. The summed E-state index contributed by atoms with van der Waals surface area (Å²) in [4.78, 5) is 20.2. The van der Waals surface area contributed by atoms with E-state index in [9.17, 15) is 4.79 Å². The lowest BCUT2D eigenvalue weighted by Gasteiger charge is -2.21. The first-order valence-electron chi connectivity index (χ1n) is 5.45. The Morgan fingerprint density at radius 3 is 2.94 bits per heavy atom. The number of ketones is 1. The van der Waals surface area contributed by atoms with Crippen molar-refractivity contribution in [2.45, 2.75) is 25.3 Å². The lowest BCUT2D eigenvalue weighted by molar-refractivity contribution is 0.0918. The zero-order valence-electron chi connectivity index (χ0n) is 9.27. The molecule has 0 amide bonds. The summed E-state index contributed by atoms with van der Waals surface area (Å²) in [6, 6.07) is -0.139. The van der Waals surface area contributed by atoms with E-state index in [2.05, 4.69) is 15.3 Å². The van der Waals surface area contributed by atoms with Crippen molar-refractivity contribution in [3.8, 4) is 5.88 Å². The first kappa shape index (κ1) is 11.0. The van der Waals surface area contributed by atoms with Crippen LogP contribution in [0, 0.1) is 0 Å². The van der Waals surface area contributed by atoms with Crippen molar-refractivity contribution in [1.82, 2.24) is 15.3 Å². The molecule has 1 aromatic rings. The zero-order chi connectivity index (χ0) is 11.4. The molecule has 1 atom stereocenters. The summed E-state index contributed by atoms with van der Waals surface area (Å²) in [5.74, 6) is 0.282. The number of Topliss-reactive ketones (excluding diaryl/α,β-unsaturated/α-hetero) is 1. The molecule has 0 saturated carbocycles. The van der Waals surface area contributed by atoms with Gasteiger partial charge in [0.2, 0.25) is 11.7 Å². The number of ether oxygens (including phenoxy) is 1. The van der Waals surface area contributed by atoms with Crippen LogP contribution < -0.4 is 10.1 Å². The number of rotatable bonds is 3. The molecule has 2 heterocycles. The van der Waals surface area contributed by atoms with Gasteiger partial charge < -0.3 is 10.1 Å². The van der Waals surface area contributed by atoms with Crippen LogP contribution in [-0.2, 0) is 0 Å². The summed E-state index contributed by atoms with van der Waals surface area (Å²) in [7, 11) is 1.50. The Morgan fingerprint density at radius 2 is 2.25 bits per heavy atom. The van der Waals surface area contributed by atoms with Crippen molar-refractivity contribution >= 4 is 5.78 Å². The maximum atomic E-state index is 12.1. The molecule has 0 aromatic carbocycles. The number of nitrogens with zero attached hydrogens (tertiary/aromatic N) is 2. The number of hydrogen-bond acceptors (Lipinski definition) is 5. The minimum absolute atomic E-state index is 0.0235. The molecule has 1 aromatic heterocycles. The molecule has 0 bridgehead atoms. The van der Waals surface area contributed by atoms with Gasteiger partial charge in [-0.25, -0.2) is 9.97 Å². The van der Waals surface area contributed by atoms with E-state index in [-0.39, 0.29) is 11.8 Å². The van der Waals surface area contributed by atoms with Crippen molar-refractivity contribution in [1.29, 1.82) is 0 Å². The van der Waals surface area contributed by atoms with Crippen molar-refractivity contribution in [3.63, 3.8) is 0 Å². The fourth-order valence-corrected chi connectivity index (χ4v) is 1.88. The third-order valence-corrected chi connectivity index (χ3v) is 2.72. The van der Waals surface area contributed by atoms with Crippen LogP contribution in [0.1, 0.15) is 29.8 Å². The molecule has 0 spiro atoms. The molecule has 1 unspecified atom stereocenters. The number of carbonyl (C=O) groups is 1. The van der Waals surface area contributed by atoms with Gasteiger partial charge in [0.05, 0.1) is 13.2 Å². The van der Waals surface area contributed by atoms with Crippen molar-refractivity contribution in [2.75, 3.05) is 13.7 Å². The molecule has 1 aliphatic heterocycles. The second-order valence-corrected chi connectivity index (χ2v) is 3.78. The summed E-state index contributed by atoms with van der Waals surface area (Å²) in [6.07, 6.45) is 6.09. The summed E-state index contributed by atoms with van der Waals surface area (Å²) >= 11 is 0. The predicted octanol–water partition coefficient (Wildman–Crippen LogP) is 0.810. The highest BCUT2D eigenvalue weighted by molar-refractivity contribution is 6.00. The van der Waals surface area contributed by atoms with Gasteiger partial charge in [-0.1, -0.05) is 6.42 Å². The fourth-order valence-electron chi connectivity index (χ4n) is 1.88. The molecule has 0 radical (unpaired) electrons. The topological polar surface area (TPSA) is 64.1 Å². The van der Waals surface area contributed by atoms with Gasteiger partial charge in [0.25, 0.3) is 0 Å². The lowest BCUT2D eigenvalue weighted by Crippen LogP contribution is -2.40. The normalized spacial score (nSPS) is 20.4. The Bertz CT molecular complexity index is 375. The third kappa shape index (κ3) is 2.19. The summed E-state index contributed by atoms with van der Waals surface area (Å²) in [5, 5.41) is 3.20. The molecule has 0 aliphatic carbocycles. The van der Waals surface area contributed by atoms with Gasteiger partial charge >= 0.3 is 0 Å². The monoisotopic (exact) mass is 221 g/mol. The Labute approximate surface area is 94.2 Å². The van der Waals surface area contributed by atoms with Crippen molar-refractivity contribution in [2.24, 2.45) is 0 Å². The van der Waals surface area contributed by atoms with Crippen LogP contribution in [0.3, 0.4) is 0 Å². The molecular weight excluding hydrogens is 206 g/mol. The molecule has 2 rings (SSSR count). The highest BCUT2D eigenvalue weighted by Crippen LogP contribution is 2.17. The number of piperidine rings is 1. The van der Waals surface area contributed by atoms with Gasteiger partial charge in [-0.05, 0) is 19.4 Å². The lowest BCUT2D eigenvalue weighted by atomic mass is 9.99. The quantitative estimate of drug-likeness (QED) is 0.765. The van der Waals surface area contributed by atoms with Crippen LogP contribution >= 0.6 is 0 Å². The highest BCUT2D eigenvalue weighted by Gasteiger charge is 2.25. The predicted molar refractivity (Wildman–Crippen MR) is 58.6 cm³/mol. The summed E-state index contributed by atoms with van der Waals surface area (Å²) in [6.45, 7) is 0.888. The molecular formula is C11H15N3O2.